The monoisotopic (exact) mass is 252 g/mol. The van der Waals surface area contributed by atoms with E-state index in [9.17, 15) is 0 Å². The molecule has 0 amide bonds. The average molecular weight is 252 g/mol. The third-order valence-electron chi connectivity index (χ3n) is 2.97. The number of morpholine rings is 1. The van der Waals surface area contributed by atoms with Crippen LogP contribution in [0, 0.1) is 6.92 Å². The summed E-state index contributed by atoms with van der Waals surface area (Å²) in [4.78, 5) is 3.63. The van der Waals surface area contributed by atoms with Gasteiger partial charge < -0.3 is 15.4 Å². The van der Waals surface area contributed by atoms with Crippen LogP contribution >= 0.6 is 11.8 Å². The molecule has 1 atom stereocenters. The van der Waals surface area contributed by atoms with E-state index in [0.717, 1.165) is 31.1 Å². The first-order chi connectivity index (χ1) is 8.15. The predicted molar refractivity (Wildman–Crippen MR) is 73.6 cm³/mol. The van der Waals surface area contributed by atoms with E-state index in [1.54, 1.807) is 0 Å². The predicted octanol–water partition coefficient (Wildman–Crippen LogP) is 2.00. The number of rotatable bonds is 3. The van der Waals surface area contributed by atoms with Crippen LogP contribution in [0.5, 0.6) is 0 Å². The van der Waals surface area contributed by atoms with Crippen LogP contribution in [0.3, 0.4) is 0 Å². The molecule has 1 aliphatic rings. The number of aryl methyl sites for hydroxylation is 1. The number of hydrogen-bond donors (Lipinski definition) is 1. The van der Waals surface area contributed by atoms with Crippen LogP contribution in [0.15, 0.2) is 23.1 Å². The molecule has 1 saturated heterocycles. The second-order valence-electron chi connectivity index (χ2n) is 4.59. The number of nitrogens with two attached hydrogens (primary N) is 1. The van der Waals surface area contributed by atoms with Gasteiger partial charge in [0.15, 0.2) is 0 Å². The molecule has 4 heteroatoms. The lowest BCUT2D eigenvalue weighted by molar-refractivity contribution is -0.00598. The number of likely N-dealkylation sites (N-methyl/N-ethyl adjacent to an activating group) is 1. The lowest BCUT2D eigenvalue weighted by Crippen LogP contribution is -2.41. The van der Waals surface area contributed by atoms with Gasteiger partial charge in [-0.05, 0) is 37.7 Å². The van der Waals surface area contributed by atoms with E-state index in [-0.39, 0.29) is 0 Å². The molecule has 0 aliphatic carbocycles. The Labute approximate surface area is 107 Å². The van der Waals surface area contributed by atoms with Crippen LogP contribution in [0.25, 0.3) is 0 Å². The lowest BCUT2D eigenvalue weighted by Gasteiger charge is -2.29. The number of benzene rings is 1. The summed E-state index contributed by atoms with van der Waals surface area (Å²) < 4.78 is 5.75. The van der Waals surface area contributed by atoms with Crippen molar-refractivity contribution in [1.82, 2.24) is 4.90 Å². The highest BCUT2D eigenvalue weighted by Gasteiger charge is 2.17. The van der Waals surface area contributed by atoms with Gasteiger partial charge in [0.25, 0.3) is 0 Å². The summed E-state index contributed by atoms with van der Waals surface area (Å²) in [5.74, 6) is 1.01. The Bertz CT molecular complexity index is 384. The summed E-state index contributed by atoms with van der Waals surface area (Å²) in [7, 11) is 2.15. The van der Waals surface area contributed by atoms with E-state index in [0.29, 0.717) is 6.10 Å². The Kier molecular flexibility index (Phi) is 4.31. The molecule has 0 bridgehead atoms. The summed E-state index contributed by atoms with van der Waals surface area (Å²) in [5, 5.41) is 0. The third-order valence-corrected chi connectivity index (χ3v) is 4.27. The highest BCUT2D eigenvalue weighted by molar-refractivity contribution is 7.99. The molecule has 17 heavy (non-hydrogen) atoms. The zero-order chi connectivity index (χ0) is 12.3. The number of hydrogen-bond acceptors (Lipinski definition) is 4. The molecule has 2 N–H and O–H groups in total. The molecule has 0 radical (unpaired) electrons. The third kappa shape index (κ3) is 3.63. The van der Waals surface area contributed by atoms with Crippen LogP contribution < -0.4 is 5.73 Å². The minimum atomic E-state index is 0.343. The molecular weight excluding hydrogens is 232 g/mol. The topological polar surface area (TPSA) is 38.5 Å². The van der Waals surface area contributed by atoms with Gasteiger partial charge in [0.05, 0.1) is 12.7 Å². The first kappa shape index (κ1) is 12.7. The molecule has 1 aromatic carbocycles. The summed E-state index contributed by atoms with van der Waals surface area (Å²) in [6, 6.07) is 6.08. The van der Waals surface area contributed by atoms with Crippen LogP contribution in [0.2, 0.25) is 0 Å². The van der Waals surface area contributed by atoms with Gasteiger partial charge in [-0.25, -0.2) is 0 Å². The first-order valence-corrected chi connectivity index (χ1v) is 6.93. The van der Waals surface area contributed by atoms with Crippen molar-refractivity contribution in [1.29, 1.82) is 0 Å². The average Bonchev–Trinajstić information content (AvgIpc) is 2.28. The van der Waals surface area contributed by atoms with Crippen molar-refractivity contribution < 1.29 is 4.74 Å². The number of nitrogen functional groups attached to an aromatic ring is 1. The fourth-order valence-electron chi connectivity index (χ4n) is 1.98. The van der Waals surface area contributed by atoms with Crippen LogP contribution in [0.1, 0.15) is 5.56 Å². The molecule has 2 rings (SSSR count). The number of ether oxygens (including phenoxy) is 1. The smallest absolute Gasteiger partial charge is 0.0796 e. The van der Waals surface area contributed by atoms with Crippen LogP contribution in [-0.2, 0) is 4.74 Å². The van der Waals surface area contributed by atoms with Crippen molar-refractivity contribution in [2.24, 2.45) is 0 Å². The van der Waals surface area contributed by atoms with Crippen molar-refractivity contribution in [3.63, 3.8) is 0 Å². The normalized spacial score (nSPS) is 21.6. The van der Waals surface area contributed by atoms with Crippen LogP contribution in [0.4, 0.5) is 5.69 Å². The Hall–Kier alpha value is -0.710. The fraction of sp³-hybridized carbons (Fsp3) is 0.538. The largest absolute Gasteiger partial charge is 0.399 e. The van der Waals surface area contributed by atoms with Gasteiger partial charge >= 0.3 is 0 Å². The van der Waals surface area contributed by atoms with Crippen molar-refractivity contribution in [2.75, 3.05) is 38.2 Å². The van der Waals surface area contributed by atoms with Crippen molar-refractivity contribution >= 4 is 17.4 Å². The second-order valence-corrected chi connectivity index (χ2v) is 5.65. The molecular formula is C13H20N2OS. The first-order valence-electron chi connectivity index (χ1n) is 5.94. The van der Waals surface area contributed by atoms with Gasteiger partial charge in [-0.15, -0.1) is 11.8 Å². The zero-order valence-electron chi connectivity index (χ0n) is 10.5. The van der Waals surface area contributed by atoms with Gasteiger partial charge in [-0.2, -0.15) is 0 Å². The standard InChI is InChI=1S/C13H20N2OS/c1-10-7-11(14)3-4-13(10)17-9-12-8-15(2)5-6-16-12/h3-4,7,12H,5-6,8-9,14H2,1-2H3. The Morgan fingerprint density at radius 3 is 3.06 bits per heavy atom. The summed E-state index contributed by atoms with van der Waals surface area (Å²) in [6.07, 6.45) is 0.343. The molecule has 1 aliphatic heterocycles. The Morgan fingerprint density at radius 1 is 1.53 bits per heavy atom. The molecule has 0 spiro atoms. The zero-order valence-corrected chi connectivity index (χ0v) is 11.3. The SMILES string of the molecule is Cc1cc(N)ccc1SCC1CN(C)CCO1. The maximum absolute atomic E-state index is 5.75. The van der Waals surface area contributed by atoms with E-state index in [2.05, 4.69) is 24.9 Å². The van der Waals surface area contributed by atoms with Crippen molar-refractivity contribution in [2.45, 2.75) is 17.9 Å². The molecule has 94 valence electrons. The summed E-state index contributed by atoms with van der Waals surface area (Å²) in [5.41, 5.74) is 7.83. The van der Waals surface area contributed by atoms with Crippen LogP contribution in [-0.4, -0.2) is 43.5 Å². The van der Waals surface area contributed by atoms with Gasteiger partial charge in [0.1, 0.15) is 0 Å². The molecule has 0 saturated carbocycles. The molecule has 1 fully saturated rings. The molecule has 1 heterocycles. The van der Waals surface area contributed by atoms with Crippen molar-refractivity contribution in [3.8, 4) is 0 Å². The van der Waals surface area contributed by atoms with E-state index >= 15 is 0 Å². The Morgan fingerprint density at radius 2 is 2.35 bits per heavy atom. The van der Waals surface area contributed by atoms with Crippen molar-refractivity contribution in [3.05, 3.63) is 23.8 Å². The van der Waals surface area contributed by atoms with E-state index in [1.807, 2.05) is 23.9 Å². The summed E-state index contributed by atoms with van der Waals surface area (Å²) >= 11 is 1.86. The number of nitrogens with zero attached hydrogens (tertiary/aromatic N) is 1. The van der Waals surface area contributed by atoms with E-state index in [1.165, 1.54) is 10.5 Å². The number of thioether (sulfide) groups is 1. The van der Waals surface area contributed by atoms with Gasteiger partial charge in [0, 0.05) is 29.4 Å². The van der Waals surface area contributed by atoms with E-state index in [4.69, 9.17) is 10.5 Å². The summed E-state index contributed by atoms with van der Waals surface area (Å²) in [6.45, 7) is 5.03. The van der Waals surface area contributed by atoms with Gasteiger partial charge in [-0.3, -0.25) is 0 Å². The molecule has 1 aromatic rings. The van der Waals surface area contributed by atoms with Gasteiger partial charge in [-0.1, -0.05) is 0 Å². The Balaban J connectivity index is 1.88. The minimum absolute atomic E-state index is 0.343. The second kappa shape index (κ2) is 5.76. The van der Waals surface area contributed by atoms with Gasteiger partial charge in [0.2, 0.25) is 0 Å². The fourth-order valence-corrected chi connectivity index (χ4v) is 3.00. The maximum atomic E-state index is 5.75. The molecule has 1 unspecified atom stereocenters. The molecule has 0 aromatic heterocycles. The maximum Gasteiger partial charge on any atom is 0.0796 e. The lowest BCUT2D eigenvalue weighted by atomic mass is 10.2. The highest BCUT2D eigenvalue weighted by Crippen LogP contribution is 2.25. The quantitative estimate of drug-likeness (QED) is 0.659. The highest BCUT2D eigenvalue weighted by atomic mass is 32.2. The minimum Gasteiger partial charge on any atom is -0.399 e. The van der Waals surface area contributed by atoms with E-state index < -0.39 is 0 Å². The number of anilines is 1. The molecule has 3 nitrogen and oxygen atoms in total.